The molecule has 1 aromatic heterocycles. The molecule has 5 heteroatoms. The minimum absolute atomic E-state index is 0.139. The fraction of sp³-hybridized carbons (Fsp3) is 0.400. The van der Waals surface area contributed by atoms with Crippen molar-refractivity contribution in [1.29, 1.82) is 0 Å². The van der Waals surface area contributed by atoms with Gasteiger partial charge in [-0.3, -0.25) is 10.00 Å². The van der Waals surface area contributed by atoms with Crippen molar-refractivity contribution < 1.29 is 9.50 Å². The van der Waals surface area contributed by atoms with Crippen molar-refractivity contribution >= 4 is 0 Å². The maximum Gasteiger partial charge on any atom is 0.131 e. The first-order valence-corrected chi connectivity index (χ1v) is 6.94. The van der Waals surface area contributed by atoms with Gasteiger partial charge in [0, 0.05) is 17.7 Å². The number of halogens is 1. The number of hydrogen-bond donors (Lipinski definition) is 2. The highest BCUT2D eigenvalue weighted by atomic mass is 19.1. The number of β-amino-alcohol motifs (C(OH)–C–C–N with tert-alkyl or cyclic N) is 1. The molecule has 4 nitrogen and oxygen atoms in total. The van der Waals surface area contributed by atoms with Crippen LogP contribution in [0.4, 0.5) is 4.39 Å². The highest BCUT2D eigenvalue weighted by molar-refractivity contribution is 5.66. The summed E-state index contributed by atoms with van der Waals surface area (Å²) in [5.74, 6) is -0.234. The number of aromatic amines is 1. The number of hydrogen-bond acceptors (Lipinski definition) is 3. The van der Waals surface area contributed by atoms with Gasteiger partial charge in [0.05, 0.1) is 24.5 Å². The van der Waals surface area contributed by atoms with E-state index in [1.54, 1.807) is 18.3 Å². The lowest BCUT2D eigenvalue weighted by Gasteiger charge is -2.23. The maximum atomic E-state index is 14.0. The normalized spacial score (nSPS) is 19.6. The zero-order valence-corrected chi connectivity index (χ0v) is 11.2. The van der Waals surface area contributed by atoms with Gasteiger partial charge in [-0.2, -0.15) is 5.10 Å². The zero-order valence-electron chi connectivity index (χ0n) is 11.2. The van der Waals surface area contributed by atoms with Crippen molar-refractivity contribution in [3.8, 4) is 11.1 Å². The summed E-state index contributed by atoms with van der Waals surface area (Å²) in [4.78, 5) is 2.22. The molecule has 0 saturated carbocycles. The van der Waals surface area contributed by atoms with Crippen LogP contribution in [0.5, 0.6) is 0 Å². The molecule has 2 heterocycles. The first kappa shape index (κ1) is 13.3. The predicted molar refractivity (Wildman–Crippen MR) is 74.6 cm³/mol. The van der Waals surface area contributed by atoms with Gasteiger partial charge in [-0.25, -0.2) is 4.39 Å². The van der Waals surface area contributed by atoms with Crippen LogP contribution >= 0.6 is 0 Å². The Hall–Kier alpha value is -1.72. The Balaban J connectivity index is 1.96. The van der Waals surface area contributed by atoms with Gasteiger partial charge in [0.15, 0.2) is 0 Å². The van der Waals surface area contributed by atoms with Gasteiger partial charge in [-0.1, -0.05) is 18.2 Å². The quantitative estimate of drug-likeness (QED) is 0.900. The number of aromatic nitrogens is 2. The summed E-state index contributed by atoms with van der Waals surface area (Å²) in [6, 6.07) is 6.93. The van der Waals surface area contributed by atoms with Crippen LogP contribution < -0.4 is 0 Å². The van der Waals surface area contributed by atoms with Crippen LogP contribution in [0.2, 0.25) is 0 Å². The number of aliphatic hydroxyl groups is 1. The first-order valence-electron chi connectivity index (χ1n) is 6.94. The molecule has 1 aliphatic rings. The van der Waals surface area contributed by atoms with Crippen molar-refractivity contribution in [1.82, 2.24) is 15.1 Å². The Bertz CT molecular complexity index is 584. The van der Waals surface area contributed by atoms with E-state index >= 15 is 0 Å². The summed E-state index contributed by atoms with van der Waals surface area (Å²) in [6.07, 6.45) is 3.77. The Morgan fingerprint density at radius 1 is 1.35 bits per heavy atom. The third kappa shape index (κ3) is 2.34. The van der Waals surface area contributed by atoms with E-state index in [0.29, 0.717) is 12.1 Å². The van der Waals surface area contributed by atoms with Gasteiger partial charge in [0.25, 0.3) is 0 Å². The van der Waals surface area contributed by atoms with Crippen LogP contribution in [0.25, 0.3) is 11.1 Å². The van der Waals surface area contributed by atoms with Crippen molar-refractivity contribution in [2.75, 3.05) is 19.7 Å². The summed E-state index contributed by atoms with van der Waals surface area (Å²) in [7, 11) is 0. The molecule has 20 heavy (non-hydrogen) atoms. The molecule has 1 saturated heterocycles. The third-order valence-corrected chi connectivity index (χ3v) is 3.92. The van der Waals surface area contributed by atoms with Gasteiger partial charge in [-0.15, -0.1) is 0 Å². The lowest BCUT2D eigenvalue weighted by Crippen LogP contribution is -2.27. The number of rotatable bonds is 4. The van der Waals surface area contributed by atoms with Gasteiger partial charge >= 0.3 is 0 Å². The molecule has 0 bridgehead atoms. The minimum Gasteiger partial charge on any atom is -0.395 e. The second-order valence-electron chi connectivity index (χ2n) is 5.09. The number of nitrogens with one attached hydrogen (secondary N) is 1. The summed E-state index contributed by atoms with van der Waals surface area (Å²) < 4.78 is 14.0. The van der Waals surface area contributed by atoms with Gasteiger partial charge in [-0.05, 0) is 25.5 Å². The van der Waals surface area contributed by atoms with E-state index in [-0.39, 0.29) is 18.5 Å². The summed E-state index contributed by atoms with van der Waals surface area (Å²) in [5.41, 5.74) is 2.34. The average molecular weight is 275 g/mol. The van der Waals surface area contributed by atoms with E-state index in [1.165, 1.54) is 6.07 Å². The lowest BCUT2D eigenvalue weighted by atomic mass is 10.0. The molecule has 0 spiro atoms. The monoisotopic (exact) mass is 275 g/mol. The molecular weight excluding hydrogens is 257 g/mol. The number of nitrogens with zero attached hydrogens (tertiary/aromatic N) is 2. The van der Waals surface area contributed by atoms with E-state index in [1.807, 2.05) is 6.07 Å². The first-order chi connectivity index (χ1) is 9.81. The molecule has 3 rings (SSSR count). The van der Waals surface area contributed by atoms with Crippen LogP contribution in [-0.4, -0.2) is 39.9 Å². The maximum absolute atomic E-state index is 14.0. The lowest BCUT2D eigenvalue weighted by molar-refractivity contribution is 0.184. The zero-order chi connectivity index (χ0) is 13.9. The number of aliphatic hydroxyl groups excluding tert-OH is 1. The van der Waals surface area contributed by atoms with Gasteiger partial charge < -0.3 is 5.11 Å². The summed E-state index contributed by atoms with van der Waals surface area (Å²) in [5, 5.41) is 16.3. The average Bonchev–Trinajstić information content (AvgIpc) is 3.08. The highest BCUT2D eigenvalue weighted by Gasteiger charge is 2.29. The topological polar surface area (TPSA) is 52.1 Å². The molecule has 2 N–H and O–H groups in total. The molecule has 0 unspecified atom stereocenters. The van der Waals surface area contributed by atoms with E-state index in [2.05, 4.69) is 15.1 Å². The molecule has 0 radical (unpaired) electrons. The predicted octanol–water partition coefficient (Wildman–Crippen LogP) is 2.34. The van der Waals surface area contributed by atoms with Crippen LogP contribution in [0.1, 0.15) is 24.6 Å². The van der Waals surface area contributed by atoms with Crippen LogP contribution in [0.15, 0.2) is 30.5 Å². The number of likely N-dealkylation sites (tertiary alicyclic amines) is 1. The summed E-state index contributed by atoms with van der Waals surface area (Å²) in [6.45, 7) is 1.74. The van der Waals surface area contributed by atoms with E-state index < -0.39 is 0 Å². The molecule has 106 valence electrons. The molecule has 1 atom stereocenters. The Morgan fingerprint density at radius 3 is 3.00 bits per heavy atom. The SMILES string of the molecule is OCCN1CCC[C@@H]1c1[nH]ncc1-c1ccccc1F. The molecule has 0 aliphatic carbocycles. The molecule has 0 amide bonds. The fourth-order valence-electron chi connectivity index (χ4n) is 2.99. The standard InChI is InChI=1S/C15H18FN3O/c16-13-5-2-1-4-11(13)12-10-17-18-15(12)14-6-3-7-19(14)8-9-20/h1-2,4-5,10,14,20H,3,6-9H2,(H,17,18)/t14-/m1/s1. The van der Waals surface area contributed by atoms with E-state index in [9.17, 15) is 4.39 Å². The van der Waals surface area contributed by atoms with Crippen molar-refractivity contribution in [2.45, 2.75) is 18.9 Å². The van der Waals surface area contributed by atoms with E-state index in [4.69, 9.17) is 5.11 Å². The third-order valence-electron chi connectivity index (χ3n) is 3.92. The number of benzene rings is 1. The molecule has 1 fully saturated rings. The number of H-pyrrole nitrogens is 1. The van der Waals surface area contributed by atoms with Crippen molar-refractivity contribution in [2.24, 2.45) is 0 Å². The van der Waals surface area contributed by atoms with E-state index in [0.717, 1.165) is 30.6 Å². The van der Waals surface area contributed by atoms with Gasteiger partial charge in [0.1, 0.15) is 5.82 Å². The van der Waals surface area contributed by atoms with Crippen LogP contribution in [0, 0.1) is 5.82 Å². The van der Waals surface area contributed by atoms with Crippen molar-refractivity contribution in [3.05, 3.63) is 42.0 Å². The Morgan fingerprint density at radius 2 is 2.20 bits per heavy atom. The van der Waals surface area contributed by atoms with Crippen LogP contribution in [0.3, 0.4) is 0 Å². The van der Waals surface area contributed by atoms with Crippen molar-refractivity contribution in [3.63, 3.8) is 0 Å². The fourth-order valence-corrected chi connectivity index (χ4v) is 2.99. The Kier molecular flexibility index (Phi) is 3.80. The molecular formula is C15H18FN3O. The second kappa shape index (κ2) is 5.73. The Labute approximate surface area is 117 Å². The smallest absolute Gasteiger partial charge is 0.131 e. The van der Waals surface area contributed by atoms with Crippen LogP contribution in [-0.2, 0) is 0 Å². The second-order valence-corrected chi connectivity index (χ2v) is 5.09. The van der Waals surface area contributed by atoms with Gasteiger partial charge in [0.2, 0.25) is 0 Å². The molecule has 2 aromatic rings. The highest BCUT2D eigenvalue weighted by Crippen LogP contribution is 2.36. The molecule has 1 aliphatic heterocycles. The largest absolute Gasteiger partial charge is 0.395 e. The minimum atomic E-state index is -0.234. The summed E-state index contributed by atoms with van der Waals surface area (Å²) >= 11 is 0. The molecule has 1 aromatic carbocycles.